The number of thioether (sulfide) groups is 1. The third-order valence-electron chi connectivity index (χ3n) is 3.72. The van der Waals surface area contributed by atoms with Crippen LogP contribution in [0.3, 0.4) is 0 Å². The molecule has 0 atom stereocenters. The Labute approximate surface area is 171 Å². The van der Waals surface area contributed by atoms with Crippen LogP contribution in [0.25, 0.3) is 0 Å². The van der Waals surface area contributed by atoms with Gasteiger partial charge < -0.3 is 14.6 Å². The van der Waals surface area contributed by atoms with Gasteiger partial charge in [-0.25, -0.2) is 4.98 Å². The molecule has 0 aliphatic rings. The van der Waals surface area contributed by atoms with Crippen molar-refractivity contribution in [3.63, 3.8) is 0 Å². The topological polar surface area (TPSA) is 103 Å². The molecule has 0 aliphatic heterocycles. The molecule has 1 N–H and O–H groups in total. The van der Waals surface area contributed by atoms with E-state index in [1.54, 1.807) is 38.1 Å². The highest BCUT2D eigenvalue weighted by molar-refractivity contribution is 8.02. The number of carboxylic acids is 1. The van der Waals surface area contributed by atoms with E-state index in [2.05, 4.69) is 9.72 Å². The molecule has 2 rings (SSSR count). The Morgan fingerprint density at radius 1 is 1.21 bits per heavy atom. The third kappa shape index (κ3) is 6.35. The molecule has 1 heterocycles. The van der Waals surface area contributed by atoms with Crippen LogP contribution < -0.4 is 4.74 Å². The van der Waals surface area contributed by atoms with Crippen LogP contribution in [0.15, 0.2) is 34.0 Å². The molecular weight excluding hydrogens is 402 g/mol. The molecular formula is C19H21NO6S2. The molecule has 150 valence electrons. The molecule has 0 fully saturated rings. The number of aliphatic carboxylic acids is 1. The van der Waals surface area contributed by atoms with E-state index in [-0.39, 0.29) is 12.2 Å². The van der Waals surface area contributed by atoms with Crippen molar-refractivity contribution < 1.29 is 29.0 Å². The predicted octanol–water partition coefficient (Wildman–Crippen LogP) is 3.47. The van der Waals surface area contributed by atoms with E-state index in [4.69, 9.17) is 4.74 Å². The van der Waals surface area contributed by atoms with E-state index in [0.717, 1.165) is 5.69 Å². The van der Waals surface area contributed by atoms with Gasteiger partial charge in [0.05, 0.1) is 19.4 Å². The SMILES string of the molecule is COC(=O)CC(=O)c1ccc(OCCc2csc(SC(C)(C)C(=O)O)n2)cc1. The predicted molar refractivity (Wildman–Crippen MR) is 106 cm³/mol. The highest BCUT2D eigenvalue weighted by Crippen LogP contribution is 2.34. The first kappa shape index (κ1) is 21.9. The summed E-state index contributed by atoms with van der Waals surface area (Å²) in [6.45, 7) is 3.68. The normalized spacial score (nSPS) is 11.1. The molecule has 0 amide bonds. The number of rotatable bonds is 10. The number of hydrogen-bond donors (Lipinski definition) is 1. The van der Waals surface area contributed by atoms with Crippen LogP contribution in [0, 0.1) is 0 Å². The maximum absolute atomic E-state index is 11.9. The van der Waals surface area contributed by atoms with E-state index in [1.807, 2.05) is 5.38 Å². The lowest BCUT2D eigenvalue weighted by Gasteiger charge is -2.15. The van der Waals surface area contributed by atoms with Gasteiger partial charge >= 0.3 is 11.9 Å². The number of ether oxygens (including phenoxy) is 2. The molecule has 0 spiro atoms. The van der Waals surface area contributed by atoms with Crippen LogP contribution in [0.2, 0.25) is 0 Å². The van der Waals surface area contributed by atoms with Gasteiger partial charge in [-0.15, -0.1) is 11.3 Å². The van der Waals surface area contributed by atoms with Crippen molar-refractivity contribution in [3.8, 4) is 5.75 Å². The first-order valence-electron chi connectivity index (χ1n) is 8.41. The summed E-state index contributed by atoms with van der Waals surface area (Å²) >= 11 is 2.63. The molecule has 0 saturated carbocycles. The molecule has 1 aromatic heterocycles. The molecule has 0 saturated heterocycles. The quantitative estimate of drug-likeness (QED) is 0.268. The second-order valence-corrected chi connectivity index (χ2v) is 9.05. The van der Waals surface area contributed by atoms with Crippen molar-refractivity contribution in [2.75, 3.05) is 13.7 Å². The fourth-order valence-corrected chi connectivity index (χ4v) is 4.25. The molecule has 7 nitrogen and oxygen atoms in total. The Bertz CT molecular complexity index is 844. The fourth-order valence-electron chi connectivity index (χ4n) is 2.03. The molecule has 0 radical (unpaired) electrons. The van der Waals surface area contributed by atoms with Crippen LogP contribution in [0.4, 0.5) is 0 Å². The molecule has 0 bridgehead atoms. The number of benzene rings is 1. The Morgan fingerprint density at radius 2 is 1.89 bits per heavy atom. The summed E-state index contributed by atoms with van der Waals surface area (Å²) < 4.78 is 9.91. The van der Waals surface area contributed by atoms with Gasteiger partial charge in [0.1, 0.15) is 16.9 Å². The Balaban J connectivity index is 1.83. The molecule has 9 heteroatoms. The van der Waals surface area contributed by atoms with Gasteiger partial charge in [0.15, 0.2) is 10.1 Å². The van der Waals surface area contributed by atoms with Crippen LogP contribution >= 0.6 is 23.1 Å². The van der Waals surface area contributed by atoms with Crippen molar-refractivity contribution in [2.45, 2.75) is 35.8 Å². The highest BCUT2D eigenvalue weighted by Gasteiger charge is 2.29. The number of aromatic nitrogens is 1. The largest absolute Gasteiger partial charge is 0.493 e. The zero-order valence-electron chi connectivity index (χ0n) is 15.8. The second-order valence-electron chi connectivity index (χ2n) is 6.32. The molecule has 2 aromatic rings. The van der Waals surface area contributed by atoms with Gasteiger partial charge in [-0.1, -0.05) is 11.8 Å². The summed E-state index contributed by atoms with van der Waals surface area (Å²) in [5, 5.41) is 11.1. The van der Waals surface area contributed by atoms with Gasteiger partial charge in [-0.05, 0) is 38.1 Å². The Hall–Kier alpha value is -2.39. The molecule has 28 heavy (non-hydrogen) atoms. The standard InChI is InChI=1S/C19H21NO6S2/c1-19(2,17(23)24)28-18-20-13(11-27-18)8-9-26-14-6-4-12(5-7-14)15(21)10-16(22)25-3/h4-7,11H,8-10H2,1-3H3,(H,23,24). The van der Waals surface area contributed by atoms with Gasteiger partial charge in [0.25, 0.3) is 0 Å². The van der Waals surface area contributed by atoms with Crippen LogP contribution in [0.5, 0.6) is 5.75 Å². The van der Waals surface area contributed by atoms with E-state index in [9.17, 15) is 19.5 Å². The summed E-state index contributed by atoms with van der Waals surface area (Å²) in [6.07, 6.45) is 0.285. The number of ketones is 1. The van der Waals surface area contributed by atoms with Gasteiger partial charge in [0.2, 0.25) is 0 Å². The number of hydrogen-bond acceptors (Lipinski definition) is 8. The average molecular weight is 424 g/mol. The number of methoxy groups -OCH3 is 1. The van der Waals surface area contributed by atoms with Gasteiger partial charge in [-0.3, -0.25) is 14.4 Å². The number of carbonyl (C=O) groups is 3. The summed E-state index contributed by atoms with van der Waals surface area (Å²) in [5.41, 5.74) is 1.25. The van der Waals surface area contributed by atoms with Crippen LogP contribution in [0.1, 0.15) is 36.3 Å². The van der Waals surface area contributed by atoms with Crippen molar-refractivity contribution in [1.29, 1.82) is 0 Å². The Kier molecular flexibility index (Phi) is 7.59. The van der Waals surface area contributed by atoms with Crippen LogP contribution in [-0.4, -0.2) is 46.3 Å². The smallest absolute Gasteiger partial charge is 0.319 e. The number of carboxylic acid groups (broad SMARTS) is 1. The zero-order valence-corrected chi connectivity index (χ0v) is 17.4. The number of thiazole rings is 1. The maximum atomic E-state index is 11.9. The summed E-state index contributed by atoms with van der Waals surface area (Å²) in [5.74, 6) is -1.16. The minimum Gasteiger partial charge on any atom is -0.493 e. The van der Waals surface area contributed by atoms with Crippen LogP contribution in [-0.2, 0) is 20.7 Å². The number of carbonyl (C=O) groups excluding carboxylic acids is 2. The van der Waals surface area contributed by atoms with E-state index >= 15 is 0 Å². The molecule has 0 unspecified atom stereocenters. The highest BCUT2D eigenvalue weighted by atomic mass is 32.2. The summed E-state index contributed by atoms with van der Waals surface area (Å²) in [7, 11) is 1.24. The lowest BCUT2D eigenvalue weighted by Crippen LogP contribution is -2.26. The lowest BCUT2D eigenvalue weighted by molar-refractivity contribution is -0.140. The summed E-state index contributed by atoms with van der Waals surface area (Å²) in [6, 6.07) is 6.54. The van der Waals surface area contributed by atoms with Crippen molar-refractivity contribution in [2.24, 2.45) is 0 Å². The first-order chi connectivity index (χ1) is 13.2. The molecule has 1 aromatic carbocycles. The monoisotopic (exact) mass is 423 g/mol. The summed E-state index contributed by atoms with van der Waals surface area (Å²) in [4.78, 5) is 38.6. The van der Waals surface area contributed by atoms with E-state index < -0.39 is 16.7 Å². The lowest BCUT2D eigenvalue weighted by atomic mass is 10.1. The minimum atomic E-state index is -0.932. The first-order valence-corrected chi connectivity index (χ1v) is 10.1. The maximum Gasteiger partial charge on any atom is 0.319 e. The zero-order chi connectivity index (χ0) is 20.7. The molecule has 0 aliphatic carbocycles. The number of nitrogens with zero attached hydrogens (tertiary/aromatic N) is 1. The van der Waals surface area contributed by atoms with E-state index in [0.29, 0.717) is 28.7 Å². The average Bonchev–Trinajstić information content (AvgIpc) is 3.08. The second kappa shape index (κ2) is 9.70. The van der Waals surface area contributed by atoms with Gasteiger partial charge in [0, 0.05) is 17.4 Å². The van der Waals surface area contributed by atoms with Crippen molar-refractivity contribution in [1.82, 2.24) is 4.98 Å². The minimum absolute atomic E-state index is 0.292. The van der Waals surface area contributed by atoms with Gasteiger partial charge in [-0.2, -0.15) is 0 Å². The third-order valence-corrected chi connectivity index (χ3v) is 5.90. The van der Waals surface area contributed by atoms with Crippen molar-refractivity contribution in [3.05, 3.63) is 40.9 Å². The number of esters is 1. The number of Topliss-reactive ketones (excluding diaryl/α,β-unsaturated/α-hetero) is 1. The Morgan fingerprint density at radius 3 is 2.50 bits per heavy atom. The van der Waals surface area contributed by atoms with Crippen molar-refractivity contribution >= 4 is 40.8 Å². The van der Waals surface area contributed by atoms with E-state index in [1.165, 1.54) is 30.2 Å². The fraction of sp³-hybridized carbons (Fsp3) is 0.368.